The molecule has 12 rings (SSSR count). The zero-order chi connectivity index (χ0) is 41.0. The molecule has 2 aliphatic rings. The van der Waals surface area contributed by atoms with Crippen LogP contribution in [0.25, 0.3) is 66.8 Å². The van der Waals surface area contributed by atoms with E-state index >= 15 is 0 Å². The highest BCUT2D eigenvalue weighted by molar-refractivity contribution is 5.98. The highest BCUT2D eigenvalue weighted by Crippen LogP contribution is 2.63. The number of nitrogens with zero attached hydrogens (tertiary/aromatic N) is 1. The zero-order valence-electron chi connectivity index (χ0n) is 34.1. The van der Waals surface area contributed by atoms with Crippen LogP contribution in [0.4, 0.5) is 17.1 Å². The Morgan fingerprint density at radius 2 is 0.565 bits per heavy atom. The highest BCUT2D eigenvalue weighted by Gasteiger charge is 2.51. The van der Waals surface area contributed by atoms with E-state index in [0.29, 0.717) is 0 Å². The van der Waals surface area contributed by atoms with Gasteiger partial charge in [0.1, 0.15) is 0 Å². The second-order valence-electron chi connectivity index (χ2n) is 16.4. The maximum absolute atomic E-state index is 2.49. The fourth-order valence-electron chi connectivity index (χ4n) is 10.5. The summed E-state index contributed by atoms with van der Waals surface area (Å²) in [5, 5.41) is 0. The zero-order valence-corrected chi connectivity index (χ0v) is 34.1. The second kappa shape index (κ2) is 14.6. The van der Waals surface area contributed by atoms with Gasteiger partial charge < -0.3 is 4.90 Å². The number of benzene rings is 10. The van der Waals surface area contributed by atoms with Gasteiger partial charge in [-0.2, -0.15) is 0 Å². The molecule has 0 saturated heterocycles. The summed E-state index contributed by atoms with van der Waals surface area (Å²) in [5.74, 6) is 0. The first-order valence-electron chi connectivity index (χ1n) is 21.5. The maximum atomic E-state index is 2.49. The molecule has 0 amide bonds. The Labute approximate surface area is 363 Å². The summed E-state index contributed by atoms with van der Waals surface area (Å²) >= 11 is 0. The third-order valence-electron chi connectivity index (χ3n) is 13.1. The van der Waals surface area contributed by atoms with Crippen LogP contribution in [0.1, 0.15) is 22.3 Å². The SMILES string of the molecule is c1ccc(-c2ccc(N(c3ccc(-c4ccccc4-c4ccccc4)c(-c4ccccc4)c3)c3ccc4c(c3)C3(c5ccccc5-c5ccccc53)c3ccccc3-4)cc2)cc1. The molecule has 0 bridgehead atoms. The summed E-state index contributed by atoms with van der Waals surface area (Å²) in [6, 6.07) is 91.5. The van der Waals surface area contributed by atoms with E-state index in [1.54, 1.807) is 0 Å². The summed E-state index contributed by atoms with van der Waals surface area (Å²) in [5.41, 5.74) is 23.0. The molecule has 0 aromatic heterocycles. The summed E-state index contributed by atoms with van der Waals surface area (Å²) in [6.07, 6.45) is 0. The van der Waals surface area contributed by atoms with Gasteiger partial charge in [-0.1, -0.05) is 212 Å². The lowest BCUT2D eigenvalue weighted by Crippen LogP contribution is -2.26. The molecular formula is C61H41N. The van der Waals surface area contributed by atoms with Crippen LogP contribution in [-0.4, -0.2) is 0 Å². The summed E-state index contributed by atoms with van der Waals surface area (Å²) in [7, 11) is 0. The van der Waals surface area contributed by atoms with Gasteiger partial charge in [0.25, 0.3) is 0 Å². The lowest BCUT2D eigenvalue weighted by atomic mass is 9.70. The second-order valence-corrected chi connectivity index (χ2v) is 16.4. The lowest BCUT2D eigenvalue weighted by Gasteiger charge is -2.32. The molecule has 0 aliphatic heterocycles. The van der Waals surface area contributed by atoms with Crippen LogP contribution in [0, 0.1) is 0 Å². The first-order chi connectivity index (χ1) is 30.8. The molecule has 1 heteroatoms. The molecule has 62 heavy (non-hydrogen) atoms. The van der Waals surface area contributed by atoms with Gasteiger partial charge in [0.15, 0.2) is 0 Å². The molecule has 10 aromatic rings. The van der Waals surface area contributed by atoms with E-state index in [2.05, 4.69) is 254 Å². The number of anilines is 3. The van der Waals surface area contributed by atoms with Crippen LogP contribution in [0.3, 0.4) is 0 Å². The van der Waals surface area contributed by atoms with Gasteiger partial charge in [-0.3, -0.25) is 0 Å². The van der Waals surface area contributed by atoms with Gasteiger partial charge in [-0.05, 0) is 125 Å². The average Bonchev–Trinajstić information content (AvgIpc) is 3.82. The van der Waals surface area contributed by atoms with Gasteiger partial charge in [0, 0.05) is 17.1 Å². The van der Waals surface area contributed by atoms with Crippen LogP contribution in [0.15, 0.2) is 249 Å². The van der Waals surface area contributed by atoms with E-state index in [0.717, 1.165) is 17.1 Å². The molecule has 0 saturated carbocycles. The Balaban J connectivity index is 1.10. The van der Waals surface area contributed by atoms with Crippen molar-refractivity contribution in [3.8, 4) is 66.8 Å². The van der Waals surface area contributed by atoms with E-state index in [1.807, 2.05) is 0 Å². The van der Waals surface area contributed by atoms with Crippen molar-refractivity contribution < 1.29 is 0 Å². The molecule has 0 radical (unpaired) electrons. The molecule has 0 heterocycles. The predicted molar refractivity (Wildman–Crippen MR) is 259 cm³/mol. The molecule has 1 spiro atoms. The minimum absolute atomic E-state index is 0.446. The average molecular weight is 788 g/mol. The Morgan fingerprint density at radius 3 is 1.11 bits per heavy atom. The smallest absolute Gasteiger partial charge is 0.0726 e. The third kappa shape index (κ3) is 5.56. The molecular weight excluding hydrogens is 747 g/mol. The van der Waals surface area contributed by atoms with Crippen molar-refractivity contribution in [1.82, 2.24) is 0 Å². The van der Waals surface area contributed by atoms with Crippen LogP contribution in [0.2, 0.25) is 0 Å². The minimum Gasteiger partial charge on any atom is -0.310 e. The Morgan fingerprint density at radius 1 is 0.210 bits per heavy atom. The fourth-order valence-corrected chi connectivity index (χ4v) is 10.5. The number of fused-ring (bicyclic) bond motifs is 10. The van der Waals surface area contributed by atoms with Gasteiger partial charge in [0.2, 0.25) is 0 Å². The normalized spacial score (nSPS) is 12.6. The lowest BCUT2D eigenvalue weighted by molar-refractivity contribution is 0.793. The van der Waals surface area contributed by atoms with Crippen molar-refractivity contribution >= 4 is 17.1 Å². The summed E-state index contributed by atoms with van der Waals surface area (Å²) in [4.78, 5) is 2.46. The first-order valence-corrected chi connectivity index (χ1v) is 21.5. The van der Waals surface area contributed by atoms with Crippen LogP contribution >= 0.6 is 0 Å². The number of hydrogen-bond acceptors (Lipinski definition) is 1. The van der Waals surface area contributed by atoms with Crippen molar-refractivity contribution in [2.75, 3.05) is 4.90 Å². The molecule has 2 aliphatic carbocycles. The quantitative estimate of drug-likeness (QED) is 0.155. The van der Waals surface area contributed by atoms with Crippen molar-refractivity contribution in [3.05, 3.63) is 271 Å². The van der Waals surface area contributed by atoms with Crippen LogP contribution < -0.4 is 4.90 Å². The van der Waals surface area contributed by atoms with Crippen molar-refractivity contribution in [1.29, 1.82) is 0 Å². The van der Waals surface area contributed by atoms with E-state index in [1.165, 1.54) is 89.0 Å². The summed E-state index contributed by atoms with van der Waals surface area (Å²) in [6.45, 7) is 0. The number of rotatable bonds is 7. The third-order valence-corrected chi connectivity index (χ3v) is 13.1. The van der Waals surface area contributed by atoms with E-state index < -0.39 is 5.41 Å². The summed E-state index contributed by atoms with van der Waals surface area (Å²) < 4.78 is 0. The van der Waals surface area contributed by atoms with E-state index in [-0.39, 0.29) is 0 Å². The van der Waals surface area contributed by atoms with Crippen molar-refractivity contribution in [2.45, 2.75) is 5.41 Å². The standard InChI is InChI=1S/C61H41N/c1-4-18-42(19-5-1)43-32-34-46(35-33-43)62(47-36-38-51(56(40-47)45-22-8-3-9-23-45)50-25-11-10-24-49(50)44-20-6-2-7-21-44)48-37-39-55-54-28-14-17-31-59(54)61(60(55)41-48)57-29-15-12-26-52(57)53-27-13-16-30-58(53)61/h1-41H. The molecule has 0 N–H and O–H groups in total. The Kier molecular flexibility index (Phi) is 8.47. The number of hydrogen-bond donors (Lipinski definition) is 0. The largest absolute Gasteiger partial charge is 0.310 e. The first kappa shape index (κ1) is 35.9. The van der Waals surface area contributed by atoms with Gasteiger partial charge in [-0.25, -0.2) is 0 Å². The van der Waals surface area contributed by atoms with E-state index in [9.17, 15) is 0 Å². The van der Waals surface area contributed by atoms with Crippen LogP contribution in [0.5, 0.6) is 0 Å². The molecule has 10 aromatic carbocycles. The maximum Gasteiger partial charge on any atom is 0.0726 e. The topological polar surface area (TPSA) is 3.24 Å². The monoisotopic (exact) mass is 787 g/mol. The molecule has 290 valence electrons. The Bertz CT molecular complexity index is 3210. The van der Waals surface area contributed by atoms with Gasteiger partial charge >= 0.3 is 0 Å². The van der Waals surface area contributed by atoms with E-state index in [4.69, 9.17) is 0 Å². The van der Waals surface area contributed by atoms with Crippen molar-refractivity contribution in [3.63, 3.8) is 0 Å². The van der Waals surface area contributed by atoms with Gasteiger partial charge in [-0.15, -0.1) is 0 Å². The molecule has 0 atom stereocenters. The molecule has 0 unspecified atom stereocenters. The van der Waals surface area contributed by atoms with Crippen molar-refractivity contribution in [2.24, 2.45) is 0 Å². The fraction of sp³-hybridized carbons (Fsp3) is 0.0164. The minimum atomic E-state index is -0.446. The predicted octanol–water partition coefficient (Wildman–Crippen LogP) is 16.2. The van der Waals surface area contributed by atoms with Crippen LogP contribution in [-0.2, 0) is 5.41 Å². The Hall–Kier alpha value is -8.00. The molecule has 1 nitrogen and oxygen atoms in total. The highest BCUT2D eigenvalue weighted by atomic mass is 15.1. The van der Waals surface area contributed by atoms with Gasteiger partial charge in [0.05, 0.1) is 5.41 Å². The molecule has 0 fully saturated rings.